The van der Waals surface area contributed by atoms with Crippen LogP contribution in [-0.4, -0.2) is 15.4 Å². The third kappa shape index (κ3) is 6.20. The van der Waals surface area contributed by atoms with Crippen LogP contribution in [0.25, 0.3) is 0 Å². The Morgan fingerprint density at radius 2 is 1.54 bits per heavy atom. The highest BCUT2D eigenvalue weighted by Gasteiger charge is 2.13. The number of rotatable bonds is 9. The first-order valence-electron chi connectivity index (χ1n) is 11.0. The molecule has 0 saturated carbocycles. The molecule has 0 aliphatic rings. The molecule has 1 N–H and O–H groups in total. The lowest BCUT2D eigenvalue weighted by molar-refractivity contribution is -0.384. The number of aromatic nitrogens is 1. The quantitative estimate of drug-likeness (QED) is 0.291. The lowest BCUT2D eigenvalue weighted by atomic mass is 10.2. The summed E-state index contributed by atoms with van der Waals surface area (Å²) in [4.78, 5) is 35.7. The summed E-state index contributed by atoms with van der Waals surface area (Å²) in [6.07, 6.45) is 1.66. The maximum Gasteiger partial charge on any atom is 0.269 e. The number of hydrogen-bond acceptors (Lipinski definition) is 5. The van der Waals surface area contributed by atoms with Gasteiger partial charge in [-0.05, 0) is 23.3 Å². The molecular weight excluding hydrogens is 446 g/mol. The number of carbonyl (C=O) groups excluding carboxylic acids is 1. The molecule has 35 heavy (non-hydrogen) atoms. The summed E-state index contributed by atoms with van der Waals surface area (Å²) in [5.74, 6) is -0.182. The lowest BCUT2D eigenvalue weighted by Gasteiger charge is -2.16. The fourth-order valence-electron chi connectivity index (χ4n) is 3.52. The Kier molecular flexibility index (Phi) is 7.32. The van der Waals surface area contributed by atoms with E-state index < -0.39 is 10.8 Å². The molecule has 0 bridgehead atoms. The lowest BCUT2D eigenvalue weighted by Crippen LogP contribution is -2.26. The minimum Gasteiger partial charge on any atom is -0.483 e. The maximum absolute atomic E-state index is 12.8. The van der Waals surface area contributed by atoms with Crippen LogP contribution in [0.4, 0.5) is 5.69 Å². The summed E-state index contributed by atoms with van der Waals surface area (Å²) in [6.45, 7) is 0.833. The van der Waals surface area contributed by atoms with Crippen molar-refractivity contribution >= 4 is 11.6 Å². The molecule has 0 fully saturated rings. The second-order valence-electron chi connectivity index (χ2n) is 7.87. The van der Waals surface area contributed by atoms with Crippen molar-refractivity contribution in [2.24, 2.45) is 0 Å². The molecule has 0 aliphatic heterocycles. The fraction of sp³-hybridized carbons (Fsp3) is 0.111. The van der Waals surface area contributed by atoms with E-state index in [9.17, 15) is 19.7 Å². The van der Waals surface area contributed by atoms with Gasteiger partial charge in [-0.2, -0.15) is 0 Å². The zero-order valence-corrected chi connectivity index (χ0v) is 18.8. The topological polar surface area (TPSA) is 103 Å². The molecule has 1 heterocycles. The van der Waals surface area contributed by atoms with Crippen molar-refractivity contribution in [1.82, 2.24) is 9.88 Å². The van der Waals surface area contributed by atoms with Crippen molar-refractivity contribution in [1.29, 1.82) is 0 Å². The summed E-state index contributed by atoms with van der Waals surface area (Å²) in [6, 6.07) is 26.1. The highest BCUT2D eigenvalue weighted by atomic mass is 16.6. The SMILES string of the molecule is O=C(NCc1cc(=O)c(OCc2ccccc2)cn1Cc1ccccc1)c1ccc([N+](=O)[O-])cc1. The molecule has 0 aliphatic carbocycles. The number of hydrogen-bond donors (Lipinski definition) is 1. The first-order chi connectivity index (χ1) is 17.0. The average Bonchev–Trinajstić information content (AvgIpc) is 2.89. The van der Waals surface area contributed by atoms with Gasteiger partial charge in [0.15, 0.2) is 5.75 Å². The number of nitro groups is 1. The zero-order chi connectivity index (χ0) is 24.6. The van der Waals surface area contributed by atoms with E-state index in [0.717, 1.165) is 11.1 Å². The maximum atomic E-state index is 12.8. The molecular formula is C27H23N3O5. The number of carbonyl (C=O) groups is 1. The van der Waals surface area contributed by atoms with E-state index in [2.05, 4.69) is 5.32 Å². The summed E-state index contributed by atoms with van der Waals surface area (Å²) < 4.78 is 7.67. The molecule has 1 amide bonds. The van der Waals surface area contributed by atoms with E-state index in [1.807, 2.05) is 65.2 Å². The minimum absolute atomic E-state index is 0.0932. The van der Waals surface area contributed by atoms with Crippen molar-refractivity contribution in [2.75, 3.05) is 0 Å². The summed E-state index contributed by atoms with van der Waals surface area (Å²) in [5, 5.41) is 13.6. The smallest absolute Gasteiger partial charge is 0.269 e. The first kappa shape index (κ1) is 23.4. The molecule has 8 nitrogen and oxygen atoms in total. The summed E-state index contributed by atoms with van der Waals surface area (Å²) >= 11 is 0. The van der Waals surface area contributed by atoms with Crippen LogP contribution in [0.3, 0.4) is 0 Å². The third-order valence-corrected chi connectivity index (χ3v) is 5.39. The molecule has 4 rings (SSSR count). The molecule has 0 spiro atoms. The monoisotopic (exact) mass is 469 g/mol. The third-order valence-electron chi connectivity index (χ3n) is 5.39. The summed E-state index contributed by atoms with van der Waals surface area (Å²) in [5.41, 5.74) is 2.47. The van der Waals surface area contributed by atoms with Crippen molar-refractivity contribution in [2.45, 2.75) is 19.7 Å². The van der Waals surface area contributed by atoms with Gasteiger partial charge < -0.3 is 14.6 Å². The number of non-ortho nitro benzene ring substituents is 1. The van der Waals surface area contributed by atoms with Gasteiger partial charge in [0.2, 0.25) is 5.43 Å². The van der Waals surface area contributed by atoms with Crippen molar-refractivity contribution < 1.29 is 14.5 Å². The van der Waals surface area contributed by atoms with Gasteiger partial charge in [0.05, 0.1) is 17.7 Å². The number of nitro benzene ring substituents is 1. The highest BCUT2D eigenvalue weighted by molar-refractivity contribution is 5.94. The van der Waals surface area contributed by atoms with Crippen molar-refractivity contribution in [3.63, 3.8) is 0 Å². The average molecular weight is 469 g/mol. The van der Waals surface area contributed by atoms with Crippen LogP contribution >= 0.6 is 0 Å². The van der Waals surface area contributed by atoms with Gasteiger partial charge in [-0.25, -0.2) is 0 Å². The first-order valence-corrected chi connectivity index (χ1v) is 11.0. The molecule has 8 heteroatoms. The number of pyridine rings is 1. The molecule has 3 aromatic carbocycles. The molecule has 4 aromatic rings. The number of nitrogens with one attached hydrogen (secondary N) is 1. The molecule has 0 radical (unpaired) electrons. The molecule has 1 aromatic heterocycles. The van der Waals surface area contributed by atoms with Crippen LogP contribution < -0.4 is 15.5 Å². The van der Waals surface area contributed by atoms with E-state index in [4.69, 9.17) is 4.74 Å². The number of benzene rings is 3. The van der Waals surface area contributed by atoms with Crippen LogP contribution in [0.1, 0.15) is 27.2 Å². The van der Waals surface area contributed by atoms with E-state index in [-0.39, 0.29) is 35.6 Å². The molecule has 176 valence electrons. The van der Waals surface area contributed by atoms with E-state index in [1.165, 1.54) is 30.3 Å². The number of nitrogens with zero attached hydrogens (tertiary/aromatic N) is 2. The van der Waals surface area contributed by atoms with Crippen molar-refractivity contribution in [3.8, 4) is 5.75 Å². The second-order valence-corrected chi connectivity index (χ2v) is 7.87. The largest absolute Gasteiger partial charge is 0.483 e. The van der Waals surface area contributed by atoms with Gasteiger partial charge in [-0.1, -0.05) is 60.7 Å². The van der Waals surface area contributed by atoms with Gasteiger partial charge in [0.25, 0.3) is 11.6 Å². The number of amides is 1. The Hall–Kier alpha value is -4.72. The molecule has 0 unspecified atom stereocenters. The van der Waals surface area contributed by atoms with Gasteiger partial charge in [-0.15, -0.1) is 0 Å². The summed E-state index contributed by atoms with van der Waals surface area (Å²) in [7, 11) is 0. The minimum atomic E-state index is -0.522. The standard InChI is InChI=1S/C27H23N3O5/c31-25-15-24(16-28-27(32)22-11-13-23(14-12-22)30(33)34)29(17-20-7-3-1-4-8-20)18-26(25)35-19-21-9-5-2-6-10-21/h1-15,18H,16-17,19H2,(H,28,32). The van der Waals surface area contributed by atoms with Gasteiger partial charge in [0, 0.05) is 36.0 Å². The Morgan fingerprint density at radius 3 is 2.17 bits per heavy atom. The van der Waals surface area contributed by atoms with Crippen LogP contribution in [0.2, 0.25) is 0 Å². The van der Waals surface area contributed by atoms with E-state index >= 15 is 0 Å². The molecule has 0 saturated heterocycles. The molecule has 0 atom stereocenters. The van der Waals surface area contributed by atoms with Crippen molar-refractivity contribution in [3.05, 3.63) is 140 Å². The zero-order valence-electron chi connectivity index (χ0n) is 18.8. The number of ether oxygens (including phenoxy) is 1. The normalized spacial score (nSPS) is 10.5. The van der Waals surface area contributed by atoms with Crippen LogP contribution in [0.15, 0.2) is 102 Å². The fourth-order valence-corrected chi connectivity index (χ4v) is 3.52. The Bertz CT molecular complexity index is 1370. The Morgan fingerprint density at radius 1 is 0.914 bits per heavy atom. The van der Waals surface area contributed by atoms with Gasteiger partial charge in [0.1, 0.15) is 6.61 Å². The predicted molar refractivity (Wildman–Crippen MR) is 131 cm³/mol. The van der Waals surface area contributed by atoms with Gasteiger partial charge in [-0.3, -0.25) is 19.7 Å². The Balaban J connectivity index is 1.54. The highest BCUT2D eigenvalue weighted by Crippen LogP contribution is 2.14. The van der Waals surface area contributed by atoms with Crippen LogP contribution in [-0.2, 0) is 19.7 Å². The predicted octanol–water partition coefficient (Wildman–Crippen LogP) is 4.31. The van der Waals surface area contributed by atoms with Gasteiger partial charge >= 0.3 is 0 Å². The van der Waals surface area contributed by atoms with Crippen LogP contribution in [0.5, 0.6) is 5.75 Å². The van der Waals surface area contributed by atoms with E-state index in [1.54, 1.807) is 6.20 Å². The Labute approximate surface area is 201 Å². The van der Waals surface area contributed by atoms with E-state index in [0.29, 0.717) is 12.2 Å². The van der Waals surface area contributed by atoms with Crippen LogP contribution in [0, 0.1) is 10.1 Å². The second kappa shape index (κ2) is 10.9.